The molecule has 0 heterocycles. The number of rotatable bonds is 8. The molecule has 0 unspecified atom stereocenters. The Morgan fingerprint density at radius 3 is 2.14 bits per heavy atom. The Hall–Kier alpha value is -2.87. The summed E-state index contributed by atoms with van der Waals surface area (Å²) in [5.74, 6) is -1.10. The van der Waals surface area contributed by atoms with Crippen LogP contribution >= 0.6 is 0 Å². The van der Waals surface area contributed by atoms with Crippen molar-refractivity contribution >= 4 is 27.6 Å². The van der Waals surface area contributed by atoms with Gasteiger partial charge in [-0.15, -0.1) is 0 Å². The third kappa shape index (κ3) is 6.60. The van der Waals surface area contributed by atoms with Gasteiger partial charge >= 0.3 is 5.97 Å². The van der Waals surface area contributed by atoms with E-state index in [4.69, 9.17) is 4.74 Å². The minimum atomic E-state index is -3.78. The first-order valence-electron chi connectivity index (χ1n) is 9.20. The van der Waals surface area contributed by atoms with Crippen LogP contribution in [0.1, 0.15) is 43.1 Å². The lowest BCUT2D eigenvalue weighted by Crippen LogP contribution is -2.44. The monoisotopic (exact) mass is 418 g/mol. The Labute approximate surface area is 171 Å². The minimum Gasteiger partial charge on any atom is -0.452 e. The summed E-state index contributed by atoms with van der Waals surface area (Å²) in [6, 6.07) is 12.3. The number of carbonyl (C=O) groups is 2. The van der Waals surface area contributed by atoms with Gasteiger partial charge in [0.15, 0.2) is 6.61 Å². The van der Waals surface area contributed by atoms with E-state index in [1.54, 1.807) is 24.3 Å². The van der Waals surface area contributed by atoms with E-state index in [0.29, 0.717) is 5.69 Å². The smallest absolute Gasteiger partial charge is 0.338 e. The van der Waals surface area contributed by atoms with Crippen LogP contribution in [0.4, 0.5) is 5.69 Å². The van der Waals surface area contributed by atoms with Gasteiger partial charge in [-0.2, -0.15) is 0 Å². The number of nitrogens with one attached hydrogen (secondary N) is 2. The molecule has 0 fully saturated rings. The molecule has 156 valence electrons. The first-order chi connectivity index (χ1) is 13.5. The van der Waals surface area contributed by atoms with Gasteiger partial charge in [-0.25, -0.2) is 13.2 Å². The summed E-state index contributed by atoms with van der Waals surface area (Å²) >= 11 is 0. The highest BCUT2D eigenvalue weighted by atomic mass is 32.2. The van der Waals surface area contributed by atoms with Gasteiger partial charge in [-0.3, -0.25) is 9.52 Å². The molecule has 2 rings (SSSR count). The second-order valence-electron chi connectivity index (χ2n) is 7.36. The zero-order valence-electron chi connectivity index (χ0n) is 17.0. The van der Waals surface area contributed by atoms with Crippen molar-refractivity contribution in [3.8, 4) is 0 Å². The maximum atomic E-state index is 12.5. The molecular weight excluding hydrogens is 392 g/mol. The summed E-state index contributed by atoms with van der Waals surface area (Å²) in [6.07, 6.45) is 0.735. The largest absolute Gasteiger partial charge is 0.452 e. The van der Waals surface area contributed by atoms with E-state index in [1.807, 2.05) is 27.7 Å². The van der Waals surface area contributed by atoms with Crippen molar-refractivity contribution in [1.29, 1.82) is 0 Å². The Morgan fingerprint density at radius 2 is 1.59 bits per heavy atom. The third-order valence-electron chi connectivity index (χ3n) is 4.40. The maximum Gasteiger partial charge on any atom is 0.338 e. The standard InChI is InChI=1S/C21H26N2O5S/c1-5-21(3,4)22-19(24)14-28-20(25)16-8-12-18(13-9-16)29(26,27)23-17-10-6-15(2)7-11-17/h6-13,23H,5,14H2,1-4H3,(H,22,24). The normalized spacial score (nSPS) is 11.6. The lowest BCUT2D eigenvalue weighted by atomic mass is 10.0. The number of esters is 1. The van der Waals surface area contributed by atoms with E-state index in [2.05, 4.69) is 10.0 Å². The average molecular weight is 419 g/mol. The molecule has 2 N–H and O–H groups in total. The zero-order chi connectivity index (χ0) is 21.7. The van der Waals surface area contributed by atoms with Crippen LogP contribution in [0.5, 0.6) is 0 Å². The summed E-state index contributed by atoms with van der Waals surface area (Å²) < 4.78 is 32.4. The Kier molecular flexibility index (Phi) is 7.02. The van der Waals surface area contributed by atoms with E-state index in [0.717, 1.165) is 12.0 Å². The van der Waals surface area contributed by atoms with Crippen molar-refractivity contribution in [2.75, 3.05) is 11.3 Å². The number of ether oxygens (including phenoxy) is 1. The van der Waals surface area contributed by atoms with Crippen LogP contribution in [0, 0.1) is 6.92 Å². The molecule has 0 aliphatic rings. The molecule has 2 aromatic rings. The summed E-state index contributed by atoms with van der Waals surface area (Å²) in [4.78, 5) is 24.0. The fraction of sp³-hybridized carbons (Fsp3) is 0.333. The van der Waals surface area contributed by atoms with Gasteiger partial charge in [-0.1, -0.05) is 24.6 Å². The van der Waals surface area contributed by atoms with Gasteiger partial charge < -0.3 is 10.1 Å². The van der Waals surface area contributed by atoms with Crippen molar-refractivity contribution < 1.29 is 22.7 Å². The molecule has 0 radical (unpaired) electrons. The molecule has 7 nitrogen and oxygen atoms in total. The molecule has 0 bridgehead atoms. The number of sulfonamides is 1. The molecule has 0 atom stereocenters. The van der Waals surface area contributed by atoms with E-state index in [1.165, 1.54) is 24.3 Å². The van der Waals surface area contributed by atoms with Gasteiger partial charge in [0.25, 0.3) is 15.9 Å². The molecule has 2 aromatic carbocycles. The first-order valence-corrected chi connectivity index (χ1v) is 10.7. The van der Waals surface area contributed by atoms with Crippen molar-refractivity contribution in [1.82, 2.24) is 5.32 Å². The number of hydrogen-bond acceptors (Lipinski definition) is 5. The van der Waals surface area contributed by atoms with Crippen LogP contribution < -0.4 is 10.0 Å². The van der Waals surface area contributed by atoms with Crippen LogP contribution in [-0.4, -0.2) is 32.4 Å². The number of carbonyl (C=O) groups excluding carboxylic acids is 2. The highest BCUT2D eigenvalue weighted by molar-refractivity contribution is 7.92. The third-order valence-corrected chi connectivity index (χ3v) is 5.80. The highest BCUT2D eigenvalue weighted by Gasteiger charge is 2.20. The first kappa shape index (κ1) is 22.4. The van der Waals surface area contributed by atoms with Gasteiger partial charge in [0.2, 0.25) is 0 Å². The molecule has 1 amide bonds. The van der Waals surface area contributed by atoms with E-state index >= 15 is 0 Å². The molecule has 0 aliphatic carbocycles. The van der Waals surface area contributed by atoms with Crippen LogP contribution in [0.3, 0.4) is 0 Å². The maximum absolute atomic E-state index is 12.5. The predicted molar refractivity (Wildman–Crippen MR) is 111 cm³/mol. The molecule has 8 heteroatoms. The van der Waals surface area contributed by atoms with Gasteiger partial charge in [-0.05, 0) is 63.6 Å². The van der Waals surface area contributed by atoms with Crippen molar-refractivity contribution in [3.63, 3.8) is 0 Å². The molecule has 0 saturated heterocycles. The summed E-state index contributed by atoms with van der Waals surface area (Å²) in [6.45, 7) is 7.18. The lowest BCUT2D eigenvalue weighted by Gasteiger charge is -2.24. The predicted octanol–water partition coefficient (Wildman–Crippen LogP) is 3.26. The van der Waals surface area contributed by atoms with Crippen LogP contribution in [-0.2, 0) is 19.6 Å². The molecule has 0 spiro atoms. The van der Waals surface area contributed by atoms with Crippen LogP contribution in [0.15, 0.2) is 53.4 Å². The van der Waals surface area contributed by atoms with E-state index in [9.17, 15) is 18.0 Å². The summed E-state index contributed by atoms with van der Waals surface area (Å²) in [7, 11) is -3.78. The fourth-order valence-corrected chi connectivity index (χ4v) is 3.38. The van der Waals surface area contributed by atoms with E-state index in [-0.39, 0.29) is 16.0 Å². The fourth-order valence-electron chi connectivity index (χ4n) is 2.32. The molecule has 29 heavy (non-hydrogen) atoms. The number of aryl methyl sites for hydroxylation is 1. The molecule has 0 aliphatic heterocycles. The number of benzene rings is 2. The number of amides is 1. The Bertz CT molecular complexity index is 965. The minimum absolute atomic E-state index is 0.0112. The van der Waals surface area contributed by atoms with Gasteiger partial charge in [0.05, 0.1) is 10.5 Å². The number of hydrogen-bond donors (Lipinski definition) is 2. The van der Waals surface area contributed by atoms with Crippen LogP contribution in [0.2, 0.25) is 0 Å². The zero-order valence-corrected chi connectivity index (χ0v) is 17.8. The summed E-state index contributed by atoms with van der Waals surface area (Å²) in [5, 5.41) is 2.76. The van der Waals surface area contributed by atoms with Gasteiger partial charge in [0, 0.05) is 11.2 Å². The Morgan fingerprint density at radius 1 is 1.00 bits per heavy atom. The quantitative estimate of drug-likeness (QED) is 0.641. The highest BCUT2D eigenvalue weighted by Crippen LogP contribution is 2.17. The van der Waals surface area contributed by atoms with Crippen LogP contribution in [0.25, 0.3) is 0 Å². The van der Waals surface area contributed by atoms with Crippen molar-refractivity contribution in [2.45, 2.75) is 44.6 Å². The van der Waals surface area contributed by atoms with Gasteiger partial charge in [0.1, 0.15) is 0 Å². The second kappa shape index (κ2) is 9.09. The molecular formula is C21H26N2O5S. The second-order valence-corrected chi connectivity index (χ2v) is 9.04. The van der Waals surface area contributed by atoms with E-state index < -0.39 is 28.5 Å². The number of anilines is 1. The summed E-state index contributed by atoms with van der Waals surface area (Å²) in [5.41, 5.74) is 1.23. The molecule has 0 aromatic heterocycles. The Balaban J connectivity index is 1.99. The van der Waals surface area contributed by atoms with Crippen molar-refractivity contribution in [3.05, 3.63) is 59.7 Å². The topological polar surface area (TPSA) is 102 Å². The SMILES string of the molecule is CCC(C)(C)NC(=O)COC(=O)c1ccc(S(=O)(=O)Nc2ccc(C)cc2)cc1. The lowest BCUT2D eigenvalue weighted by molar-refractivity contribution is -0.125. The van der Waals surface area contributed by atoms with Crippen molar-refractivity contribution in [2.24, 2.45) is 0 Å². The average Bonchev–Trinajstić information content (AvgIpc) is 2.67. The molecule has 0 saturated carbocycles.